The van der Waals surface area contributed by atoms with Crippen LogP contribution in [0.15, 0.2) is 0 Å². The number of rotatable bonds is 7. The molecule has 0 saturated carbocycles. The van der Waals surface area contributed by atoms with Gasteiger partial charge in [0.05, 0.1) is 13.5 Å². The van der Waals surface area contributed by atoms with Gasteiger partial charge in [-0.15, -0.1) is 0 Å². The summed E-state index contributed by atoms with van der Waals surface area (Å²) in [6, 6.07) is 0. The molecule has 1 amide bonds. The molecule has 0 unspecified atom stereocenters. The Balaban J connectivity index is 3.37. The zero-order valence-corrected chi connectivity index (χ0v) is 9.84. The molecule has 88 valence electrons. The molecule has 0 aromatic carbocycles. The number of carbonyl (C=O) groups excluding carboxylic acids is 2. The fourth-order valence-corrected chi connectivity index (χ4v) is 1.14. The van der Waals surface area contributed by atoms with Crippen molar-refractivity contribution in [2.45, 2.75) is 39.5 Å². The third-order valence-corrected chi connectivity index (χ3v) is 2.06. The van der Waals surface area contributed by atoms with Crippen molar-refractivity contribution in [3.8, 4) is 0 Å². The Labute approximate surface area is 91.4 Å². The van der Waals surface area contributed by atoms with Crippen molar-refractivity contribution < 1.29 is 14.3 Å². The summed E-state index contributed by atoms with van der Waals surface area (Å²) in [6.07, 6.45) is 2.47. The third kappa shape index (κ3) is 9.25. The standard InChI is InChI=1S/C11H21NO3/c1-9(2)5-4-8-12-10(13)6-7-11(14)15-3/h9H,4-8H2,1-3H3,(H,12,13). The Bertz CT molecular complexity index is 202. The molecular weight excluding hydrogens is 194 g/mol. The Kier molecular flexibility index (Phi) is 7.68. The van der Waals surface area contributed by atoms with Gasteiger partial charge >= 0.3 is 5.97 Å². The van der Waals surface area contributed by atoms with E-state index in [1.165, 1.54) is 7.11 Å². The van der Waals surface area contributed by atoms with Crippen LogP contribution in [0.3, 0.4) is 0 Å². The van der Waals surface area contributed by atoms with Gasteiger partial charge in [0.1, 0.15) is 0 Å². The Hall–Kier alpha value is -1.06. The molecule has 0 bridgehead atoms. The summed E-state index contributed by atoms with van der Waals surface area (Å²) in [7, 11) is 1.32. The van der Waals surface area contributed by atoms with Crippen LogP contribution >= 0.6 is 0 Å². The molecule has 0 spiro atoms. The molecule has 0 atom stereocenters. The summed E-state index contributed by atoms with van der Waals surface area (Å²) < 4.78 is 4.44. The summed E-state index contributed by atoms with van der Waals surface area (Å²) in [5, 5.41) is 2.77. The molecule has 0 aromatic rings. The number of methoxy groups -OCH3 is 1. The Morgan fingerprint density at radius 3 is 2.47 bits per heavy atom. The van der Waals surface area contributed by atoms with Crippen LogP contribution in [0.2, 0.25) is 0 Å². The number of carbonyl (C=O) groups is 2. The van der Waals surface area contributed by atoms with Crippen molar-refractivity contribution in [2.24, 2.45) is 5.92 Å². The number of amides is 1. The fraction of sp³-hybridized carbons (Fsp3) is 0.818. The van der Waals surface area contributed by atoms with Gasteiger partial charge in [-0.2, -0.15) is 0 Å². The fourth-order valence-electron chi connectivity index (χ4n) is 1.14. The largest absolute Gasteiger partial charge is 0.469 e. The second-order valence-corrected chi connectivity index (χ2v) is 3.96. The molecule has 0 aliphatic heterocycles. The molecule has 0 aromatic heterocycles. The minimum atomic E-state index is -0.340. The van der Waals surface area contributed by atoms with Gasteiger partial charge in [-0.25, -0.2) is 0 Å². The van der Waals surface area contributed by atoms with E-state index in [1.807, 2.05) is 0 Å². The van der Waals surface area contributed by atoms with E-state index < -0.39 is 0 Å². The predicted molar refractivity (Wildman–Crippen MR) is 58.3 cm³/mol. The molecular formula is C11H21NO3. The number of esters is 1. The average molecular weight is 215 g/mol. The SMILES string of the molecule is COC(=O)CCC(=O)NCCCC(C)C. The molecule has 4 heteroatoms. The Morgan fingerprint density at radius 1 is 1.27 bits per heavy atom. The van der Waals surface area contributed by atoms with Crippen molar-refractivity contribution in [1.29, 1.82) is 0 Å². The maximum atomic E-state index is 11.2. The van der Waals surface area contributed by atoms with E-state index in [-0.39, 0.29) is 24.7 Å². The number of ether oxygens (including phenoxy) is 1. The van der Waals surface area contributed by atoms with Crippen molar-refractivity contribution >= 4 is 11.9 Å². The number of nitrogens with one attached hydrogen (secondary N) is 1. The number of hydrogen-bond donors (Lipinski definition) is 1. The van der Waals surface area contributed by atoms with Gasteiger partial charge in [0.25, 0.3) is 0 Å². The molecule has 0 rings (SSSR count). The first-order valence-corrected chi connectivity index (χ1v) is 5.39. The maximum Gasteiger partial charge on any atom is 0.306 e. The predicted octanol–water partition coefficient (Wildman–Crippen LogP) is 1.49. The summed E-state index contributed by atoms with van der Waals surface area (Å²) >= 11 is 0. The molecule has 0 aliphatic carbocycles. The smallest absolute Gasteiger partial charge is 0.306 e. The molecule has 0 aliphatic rings. The van der Waals surface area contributed by atoms with Gasteiger partial charge in [-0.1, -0.05) is 13.8 Å². The second-order valence-electron chi connectivity index (χ2n) is 3.96. The monoisotopic (exact) mass is 215 g/mol. The highest BCUT2D eigenvalue weighted by Gasteiger charge is 2.05. The molecule has 1 N–H and O–H groups in total. The van der Waals surface area contributed by atoms with Crippen molar-refractivity contribution in [3.63, 3.8) is 0 Å². The highest BCUT2D eigenvalue weighted by Crippen LogP contribution is 2.01. The molecule has 0 heterocycles. The van der Waals surface area contributed by atoms with E-state index in [2.05, 4.69) is 23.9 Å². The van der Waals surface area contributed by atoms with Crippen LogP contribution < -0.4 is 5.32 Å². The van der Waals surface area contributed by atoms with E-state index in [9.17, 15) is 9.59 Å². The molecule has 0 fully saturated rings. The van der Waals surface area contributed by atoms with Crippen LogP contribution in [0.25, 0.3) is 0 Å². The first-order valence-electron chi connectivity index (χ1n) is 5.39. The first-order chi connectivity index (χ1) is 7.06. The van der Waals surface area contributed by atoms with Crippen LogP contribution in [-0.2, 0) is 14.3 Å². The van der Waals surface area contributed by atoms with E-state index in [0.717, 1.165) is 12.8 Å². The molecule has 4 nitrogen and oxygen atoms in total. The molecule has 15 heavy (non-hydrogen) atoms. The quantitative estimate of drug-likeness (QED) is 0.517. The topological polar surface area (TPSA) is 55.4 Å². The highest BCUT2D eigenvalue weighted by atomic mass is 16.5. The lowest BCUT2D eigenvalue weighted by Crippen LogP contribution is -2.25. The lowest BCUT2D eigenvalue weighted by atomic mass is 10.1. The average Bonchev–Trinajstić information content (AvgIpc) is 2.20. The zero-order valence-electron chi connectivity index (χ0n) is 9.84. The van der Waals surface area contributed by atoms with Gasteiger partial charge in [0.15, 0.2) is 0 Å². The van der Waals surface area contributed by atoms with Crippen LogP contribution in [0.4, 0.5) is 0 Å². The molecule has 0 saturated heterocycles. The first kappa shape index (κ1) is 13.9. The summed E-state index contributed by atoms with van der Waals surface area (Å²) in [4.78, 5) is 21.9. The second kappa shape index (κ2) is 8.26. The molecule has 0 radical (unpaired) electrons. The van der Waals surface area contributed by atoms with Crippen LogP contribution in [0.1, 0.15) is 39.5 Å². The lowest BCUT2D eigenvalue weighted by molar-refractivity contribution is -0.142. The third-order valence-electron chi connectivity index (χ3n) is 2.06. The van der Waals surface area contributed by atoms with Gasteiger partial charge in [-0.05, 0) is 18.8 Å². The minimum Gasteiger partial charge on any atom is -0.469 e. The van der Waals surface area contributed by atoms with Crippen LogP contribution in [0, 0.1) is 5.92 Å². The summed E-state index contributed by atoms with van der Waals surface area (Å²) in [5.41, 5.74) is 0. The maximum absolute atomic E-state index is 11.2. The summed E-state index contributed by atoms with van der Waals surface area (Å²) in [6.45, 7) is 5.00. The van der Waals surface area contributed by atoms with E-state index in [4.69, 9.17) is 0 Å². The van der Waals surface area contributed by atoms with Crippen LogP contribution in [0.5, 0.6) is 0 Å². The Morgan fingerprint density at radius 2 is 1.93 bits per heavy atom. The van der Waals surface area contributed by atoms with Crippen molar-refractivity contribution in [2.75, 3.05) is 13.7 Å². The highest BCUT2D eigenvalue weighted by molar-refractivity contribution is 5.81. The normalized spacial score (nSPS) is 10.1. The van der Waals surface area contributed by atoms with E-state index >= 15 is 0 Å². The summed E-state index contributed by atoms with van der Waals surface area (Å²) in [5.74, 6) is 0.244. The van der Waals surface area contributed by atoms with Crippen molar-refractivity contribution in [3.05, 3.63) is 0 Å². The van der Waals surface area contributed by atoms with Gasteiger partial charge in [0, 0.05) is 13.0 Å². The van der Waals surface area contributed by atoms with E-state index in [1.54, 1.807) is 0 Å². The minimum absolute atomic E-state index is 0.0795. The lowest BCUT2D eigenvalue weighted by Gasteiger charge is -2.06. The van der Waals surface area contributed by atoms with E-state index in [0.29, 0.717) is 12.5 Å². The van der Waals surface area contributed by atoms with Gasteiger partial charge in [0.2, 0.25) is 5.91 Å². The van der Waals surface area contributed by atoms with Crippen molar-refractivity contribution in [1.82, 2.24) is 5.32 Å². The van der Waals surface area contributed by atoms with Crippen LogP contribution in [-0.4, -0.2) is 25.5 Å². The van der Waals surface area contributed by atoms with Gasteiger partial charge in [-0.3, -0.25) is 9.59 Å². The number of hydrogen-bond acceptors (Lipinski definition) is 3. The van der Waals surface area contributed by atoms with Gasteiger partial charge < -0.3 is 10.1 Å². The zero-order chi connectivity index (χ0) is 11.7.